The van der Waals surface area contributed by atoms with Crippen molar-refractivity contribution in [1.82, 2.24) is 0 Å². The maximum absolute atomic E-state index is 11.1. The Labute approximate surface area is 111 Å². The summed E-state index contributed by atoms with van der Waals surface area (Å²) in [5, 5.41) is 8.89. The number of halogens is 1. The summed E-state index contributed by atoms with van der Waals surface area (Å²) in [5.74, 6) is 0.449. The predicted molar refractivity (Wildman–Crippen MR) is 68.0 cm³/mol. The number of benzene rings is 1. The van der Waals surface area contributed by atoms with Gasteiger partial charge in [0.05, 0.1) is 17.7 Å². The molecule has 0 aliphatic rings. The minimum atomic E-state index is -0.454. The molecule has 0 fully saturated rings. The van der Waals surface area contributed by atoms with Crippen molar-refractivity contribution >= 4 is 17.4 Å². The van der Waals surface area contributed by atoms with E-state index in [9.17, 15) is 4.79 Å². The summed E-state index contributed by atoms with van der Waals surface area (Å²) >= 11 is 5.97. The lowest BCUT2D eigenvalue weighted by molar-refractivity contribution is 0.0744. The second-order valence-corrected chi connectivity index (χ2v) is 4.10. The third-order valence-electron chi connectivity index (χ3n) is 2.23. The van der Waals surface area contributed by atoms with Gasteiger partial charge in [-0.3, -0.25) is 4.79 Å². The molecule has 0 radical (unpaired) electrons. The molecular formula is C13H14ClNO3. The van der Waals surface area contributed by atoms with Crippen LogP contribution in [0, 0.1) is 11.3 Å². The van der Waals surface area contributed by atoms with Gasteiger partial charge in [-0.05, 0) is 32.0 Å². The Morgan fingerprint density at radius 2 is 2.22 bits per heavy atom. The van der Waals surface area contributed by atoms with E-state index in [1.165, 1.54) is 6.92 Å². The molecule has 0 aliphatic carbocycles. The molecule has 0 aliphatic heterocycles. The van der Waals surface area contributed by atoms with Gasteiger partial charge >= 0.3 is 0 Å². The fourth-order valence-corrected chi connectivity index (χ4v) is 1.49. The van der Waals surface area contributed by atoms with Crippen molar-refractivity contribution in [2.24, 2.45) is 0 Å². The van der Waals surface area contributed by atoms with Gasteiger partial charge in [0.1, 0.15) is 18.5 Å². The second kappa shape index (κ2) is 7.00. The van der Waals surface area contributed by atoms with Gasteiger partial charge in [-0.25, -0.2) is 0 Å². The minimum Gasteiger partial charge on any atom is -0.490 e. The molecule has 0 bridgehead atoms. The van der Waals surface area contributed by atoms with Gasteiger partial charge in [0.15, 0.2) is 5.78 Å². The first-order chi connectivity index (χ1) is 8.54. The average molecular weight is 268 g/mol. The molecule has 0 amide bonds. The zero-order valence-corrected chi connectivity index (χ0v) is 11.0. The molecule has 1 rings (SSSR count). The van der Waals surface area contributed by atoms with Crippen molar-refractivity contribution in [2.75, 3.05) is 13.2 Å². The van der Waals surface area contributed by atoms with Gasteiger partial charge in [-0.2, -0.15) is 5.26 Å². The van der Waals surface area contributed by atoms with Crippen LogP contribution in [0.2, 0.25) is 5.02 Å². The van der Waals surface area contributed by atoms with Gasteiger partial charge < -0.3 is 9.47 Å². The first kappa shape index (κ1) is 14.5. The van der Waals surface area contributed by atoms with Crippen LogP contribution in [0.25, 0.3) is 0 Å². The van der Waals surface area contributed by atoms with E-state index >= 15 is 0 Å². The Hall–Kier alpha value is -1.57. The van der Waals surface area contributed by atoms with Crippen molar-refractivity contribution in [2.45, 2.75) is 20.0 Å². The molecule has 96 valence electrons. The molecule has 1 atom stereocenters. The predicted octanol–water partition coefficient (Wildman–Crippen LogP) is 2.85. The van der Waals surface area contributed by atoms with E-state index in [0.29, 0.717) is 29.5 Å². The molecule has 1 aromatic carbocycles. The minimum absolute atomic E-state index is 0.0466. The van der Waals surface area contributed by atoms with E-state index in [1.807, 2.05) is 6.07 Å². The second-order valence-electron chi connectivity index (χ2n) is 3.69. The molecule has 18 heavy (non-hydrogen) atoms. The van der Waals surface area contributed by atoms with Crippen molar-refractivity contribution < 1.29 is 14.3 Å². The number of ether oxygens (including phenoxy) is 2. The molecule has 0 N–H and O–H groups in total. The normalized spacial score (nSPS) is 11.7. The largest absolute Gasteiger partial charge is 0.490 e. The summed E-state index contributed by atoms with van der Waals surface area (Å²) in [6.45, 7) is 3.74. The number of hydrogen-bond acceptors (Lipinski definition) is 4. The van der Waals surface area contributed by atoms with Crippen LogP contribution in [-0.2, 0) is 4.74 Å². The number of carbonyl (C=O) groups excluding carboxylic acids is 1. The topological polar surface area (TPSA) is 59.3 Å². The molecule has 0 saturated carbocycles. The van der Waals surface area contributed by atoms with Gasteiger partial charge in [0, 0.05) is 5.56 Å². The zero-order chi connectivity index (χ0) is 13.5. The van der Waals surface area contributed by atoms with Gasteiger partial charge in [0.25, 0.3) is 0 Å². The third kappa shape index (κ3) is 4.36. The van der Waals surface area contributed by atoms with Crippen LogP contribution in [0.5, 0.6) is 5.75 Å². The first-order valence-electron chi connectivity index (χ1n) is 5.49. The number of rotatable bonds is 6. The highest BCUT2D eigenvalue weighted by Crippen LogP contribution is 2.25. The van der Waals surface area contributed by atoms with Crippen molar-refractivity contribution in [1.29, 1.82) is 5.26 Å². The Bertz CT molecular complexity index is 468. The van der Waals surface area contributed by atoms with Crippen molar-refractivity contribution in [3.05, 3.63) is 28.8 Å². The van der Waals surface area contributed by atoms with E-state index in [0.717, 1.165) is 0 Å². The van der Waals surface area contributed by atoms with Crippen LogP contribution >= 0.6 is 11.6 Å². The van der Waals surface area contributed by atoms with Crippen LogP contribution in [0.15, 0.2) is 18.2 Å². The summed E-state index contributed by atoms with van der Waals surface area (Å²) in [7, 11) is 0. The highest BCUT2D eigenvalue weighted by Gasteiger charge is 2.06. The maximum atomic E-state index is 11.1. The molecule has 0 spiro atoms. The summed E-state index contributed by atoms with van der Waals surface area (Å²) in [6, 6.07) is 6.82. The lowest BCUT2D eigenvalue weighted by Gasteiger charge is -2.10. The van der Waals surface area contributed by atoms with Crippen molar-refractivity contribution in [3.8, 4) is 11.8 Å². The number of nitrogens with zero attached hydrogens (tertiary/aromatic N) is 1. The molecule has 1 aromatic rings. The summed E-state index contributed by atoms with van der Waals surface area (Å²) in [4.78, 5) is 11.1. The Morgan fingerprint density at radius 1 is 1.50 bits per heavy atom. The standard InChI is InChI=1S/C13H14ClNO3/c1-9(8-15)17-5-6-18-13-4-3-11(10(2)16)7-12(13)14/h3-4,7,9H,5-6H2,1-2H3. The summed E-state index contributed by atoms with van der Waals surface area (Å²) in [5.41, 5.74) is 0.543. The van der Waals surface area contributed by atoms with Crippen LogP contribution in [0.1, 0.15) is 24.2 Å². The quantitative estimate of drug-likeness (QED) is 0.587. The smallest absolute Gasteiger partial charge is 0.159 e. The molecule has 5 heteroatoms. The van der Waals surface area contributed by atoms with E-state index in [2.05, 4.69) is 0 Å². The number of ketones is 1. The number of nitriles is 1. The molecule has 4 nitrogen and oxygen atoms in total. The molecule has 0 saturated heterocycles. The molecule has 0 heterocycles. The fraction of sp³-hybridized carbons (Fsp3) is 0.385. The lowest BCUT2D eigenvalue weighted by Crippen LogP contribution is -2.12. The van der Waals surface area contributed by atoms with Crippen LogP contribution in [-0.4, -0.2) is 25.1 Å². The van der Waals surface area contributed by atoms with E-state index in [-0.39, 0.29) is 5.78 Å². The van der Waals surface area contributed by atoms with Gasteiger partial charge in [-0.15, -0.1) is 0 Å². The van der Waals surface area contributed by atoms with Gasteiger partial charge in [-0.1, -0.05) is 11.6 Å². The van der Waals surface area contributed by atoms with Crippen LogP contribution < -0.4 is 4.74 Å². The SMILES string of the molecule is CC(=O)c1ccc(OCCOC(C)C#N)c(Cl)c1. The molecule has 0 aromatic heterocycles. The number of carbonyl (C=O) groups is 1. The van der Waals surface area contributed by atoms with Crippen LogP contribution in [0.4, 0.5) is 0 Å². The van der Waals surface area contributed by atoms with E-state index < -0.39 is 6.10 Å². The van der Waals surface area contributed by atoms with E-state index in [1.54, 1.807) is 25.1 Å². The Morgan fingerprint density at radius 3 is 2.78 bits per heavy atom. The van der Waals surface area contributed by atoms with Gasteiger partial charge in [0.2, 0.25) is 0 Å². The van der Waals surface area contributed by atoms with E-state index in [4.69, 9.17) is 26.3 Å². The fourth-order valence-electron chi connectivity index (χ4n) is 1.25. The Kier molecular flexibility index (Phi) is 5.63. The monoisotopic (exact) mass is 267 g/mol. The maximum Gasteiger partial charge on any atom is 0.159 e. The van der Waals surface area contributed by atoms with Crippen LogP contribution in [0.3, 0.4) is 0 Å². The third-order valence-corrected chi connectivity index (χ3v) is 2.52. The molecular weight excluding hydrogens is 254 g/mol. The number of Topliss-reactive ketones (excluding diaryl/α,β-unsaturated/α-hetero) is 1. The highest BCUT2D eigenvalue weighted by molar-refractivity contribution is 6.32. The average Bonchev–Trinajstić information content (AvgIpc) is 2.35. The lowest BCUT2D eigenvalue weighted by atomic mass is 10.1. The Balaban J connectivity index is 2.49. The first-order valence-corrected chi connectivity index (χ1v) is 5.87. The summed E-state index contributed by atoms with van der Waals surface area (Å²) in [6.07, 6.45) is -0.454. The highest BCUT2D eigenvalue weighted by atomic mass is 35.5. The van der Waals surface area contributed by atoms with Crippen molar-refractivity contribution in [3.63, 3.8) is 0 Å². The summed E-state index contributed by atoms with van der Waals surface area (Å²) < 4.78 is 10.5. The molecule has 1 unspecified atom stereocenters. The zero-order valence-electron chi connectivity index (χ0n) is 10.3. The number of hydrogen-bond donors (Lipinski definition) is 0.